The van der Waals surface area contributed by atoms with Crippen molar-refractivity contribution in [2.75, 3.05) is 0 Å². The van der Waals surface area contributed by atoms with Gasteiger partial charge in [0.2, 0.25) is 0 Å². The van der Waals surface area contributed by atoms with Crippen molar-refractivity contribution in [3.05, 3.63) is 66.0 Å². The van der Waals surface area contributed by atoms with Gasteiger partial charge in [-0.25, -0.2) is 0 Å². The average molecular weight is 239 g/mol. The second-order valence-corrected chi connectivity index (χ2v) is 4.69. The molecule has 0 radical (unpaired) electrons. The molecule has 1 aromatic carbocycles. The molecule has 0 aliphatic heterocycles. The third kappa shape index (κ3) is 2.79. The van der Waals surface area contributed by atoms with Gasteiger partial charge in [-0.05, 0) is 36.5 Å². The zero-order valence-corrected chi connectivity index (χ0v) is 11.2. The normalized spacial score (nSPS) is 14.1. The summed E-state index contributed by atoms with van der Waals surface area (Å²) in [6.07, 6.45) is 4.18. The highest BCUT2D eigenvalue weighted by atomic mass is 14.7. The molecule has 0 bridgehead atoms. The van der Waals surface area contributed by atoms with Gasteiger partial charge in [-0.3, -0.25) is 4.98 Å². The number of hydrogen-bond donors (Lipinski definition) is 0. The predicted molar refractivity (Wildman–Crippen MR) is 76.7 cm³/mol. The predicted octanol–water partition coefficient (Wildman–Crippen LogP) is 4.77. The fourth-order valence-electron chi connectivity index (χ4n) is 2.75. The molecule has 1 nitrogen and oxygen atoms in total. The lowest BCUT2D eigenvalue weighted by atomic mass is 9.80. The number of rotatable bonds is 5. The van der Waals surface area contributed by atoms with E-state index in [2.05, 4.69) is 61.3 Å². The molecule has 94 valence electrons. The molecular formula is C17H21N. The summed E-state index contributed by atoms with van der Waals surface area (Å²) in [5.41, 5.74) is 2.65. The molecule has 0 unspecified atom stereocenters. The molecular weight excluding hydrogens is 218 g/mol. The van der Waals surface area contributed by atoms with Crippen LogP contribution in [0.25, 0.3) is 0 Å². The van der Waals surface area contributed by atoms with Crippen molar-refractivity contribution >= 4 is 0 Å². The van der Waals surface area contributed by atoms with Crippen LogP contribution in [0, 0.1) is 0 Å². The van der Waals surface area contributed by atoms with Crippen LogP contribution in [0.15, 0.2) is 54.7 Å². The van der Waals surface area contributed by atoms with Crippen LogP contribution in [-0.2, 0) is 0 Å². The summed E-state index contributed by atoms with van der Waals surface area (Å²) in [5, 5.41) is 0. The van der Waals surface area contributed by atoms with Crippen molar-refractivity contribution in [3.63, 3.8) is 0 Å². The van der Waals surface area contributed by atoms with Crippen molar-refractivity contribution in [1.29, 1.82) is 0 Å². The Morgan fingerprint density at radius 3 is 2.06 bits per heavy atom. The van der Waals surface area contributed by atoms with E-state index in [1.54, 1.807) is 0 Å². The highest BCUT2D eigenvalue weighted by molar-refractivity contribution is 5.25. The second kappa shape index (κ2) is 6.34. The van der Waals surface area contributed by atoms with Gasteiger partial charge in [-0.1, -0.05) is 50.2 Å². The summed E-state index contributed by atoms with van der Waals surface area (Å²) in [6, 6.07) is 17.0. The maximum atomic E-state index is 4.54. The topological polar surface area (TPSA) is 12.9 Å². The Hall–Kier alpha value is -1.63. The standard InChI is InChI=1S/C17H21N/c1-3-15(14-10-6-5-7-11-14)16(4-2)17-12-8-9-13-18-17/h5-13,15-16H,3-4H2,1-2H3/t15-,16+/m1/s1. The van der Waals surface area contributed by atoms with Gasteiger partial charge in [0.05, 0.1) is 0 Å². The van der Waals surface area contributed by atoms with Gasteiger partial charge in [-0.2, -0.15) is 0 Å². The van der Waals surface area contributed by atoms with E-state index in [-0.39, 0.29) is 0 Å². The van der Waals surface area contributed by atoms with Gasteiger partial charge in [0.1, 0.15) is 0 Å². The zero-order valence-electron chi connectivity index (χ0n) is 11.2. The highest BCUT2D eigenvalue weighted by Crippen LogP contribution is 2.36. The average Bonchev–Trinajstić information content (AvgIpc) is 2.46. The van der Waals surface area contributed by atoms with E-state index >= 15 is 0 Å². The smallest absolute Gasteiger partial charge is 0.0440 e. The first-order valence-corrected chi connectivity index (χ1v) is 6.82. The van der Waals surface area contributed by atoms with E-state index in [1.807, 2.05) is 12.3 Å². The van der Waals surface area contributed by atoms with E-state index in [0.717, 1.165) is 12.8 Å². The van der Waals surface area contributed by atoms with Crippen molar-refractivity contribution in [3.8, 4) is 0 Å². The van der Waals surface area contributed by atoms with Crippen LogP contribution in [0.3, 0.4) is 0 Å². The Bertz CT molecular complexity index is 404. The zero-order chi connectivity index (χ0) is 12.8. The minimum absolute atomic E-state index is 0.513. The molecule has 0 spiro atoms. The van der Waals surface area contributed by atoms with Crippen LogP contribution in [0.4, 0.5) is 0 Å². The van der Waals surface area contributed by atoms with E-state index in [0.29, 0.717) is 11.8 Å². The lowest BCUT2D eigenvalue weighted by Crippen LogP contribution is -2.11. The van der Waals surface area contributed by atoms with Gasteiger partial charge in [-0.15, -0.1) is 0 Å². The first kappa shape index (κ1) is 12.8. The van der Waals surface area contributed by atoms with Crippen LogP contribution in [0.2, 0.25) is 0 Å². The number of hydrogen-bond acceptors (Lipinski definition) is 1. The molecule has 18 heavy (non-hydrogen) atoms. The van der Waals surface area contributed by atoms with E-state index in [1.165, 1.54) is 11.3 Å². The van der Waals surface area contributed by atoms with Crippen molar-refractivity contribution in [1.82, 2.24) is 4.98 Å². The second-order valence-electron chi connectivity index (χ2n) is 4.69. The van der Waals surface area contributed by atoms with Crippen LogP contribution in [0.5, 0.6) is 0 Å². The summed E-state index contributed by atoms with van der Waals surface area (Å²) in [7, 11) is 0. The summed E-state index contributed by atoms with van der Waals surface area (Å²) < 4.78 is 0. The fourth-order valence-corrected chi connectivity index (χ4v) is 2.75. The third-order valence-corrected chi connectivity index (χ3v) is 3.66. The minimum Gasteiger partial charge on any atom is -0.261 e. The van der Waals surface area contributed by atoms with Gasteiger partial charge < -0.3 is 0 Å². The molecule has 0 amide bonds. The number of nitrogens with zero attached hydrogens (tertiary/aromatic N) is 1. The largest absolute Gasteiger partial charge is 0.261 e. The summed E-state index contributed by atoms with van der Waals surface area (Å²) >= 11 is 0. The third-order valence-electron chi connectivity index (χ3n) is 3.66. The van der Waals surface area contributed by atoms with Crippen LogP contribution < -0.4 is 0 Å². The van der Waals surface area contributed by atoms with Crippen molar-refractivity contribution < 1.29 is 0 Å². The van der Waals surface area contributed by atoms with Gasteiger partial charge in [0.15, 0.2) is 0 Å². The molecule has 1 heterocycles. The van der Waals surface area contributed by atoms with Crippen LogP contribution in [0.1, 0.15) is 49.8 Å². The maximum Gasteiger partial charge on any atom is 0.0440 e. The van der Waals surface area contributed by atoms with Gasteiger partial charge in [0.25, 0.3) is 0 Å². The Morgan fingerprint density at radius 2 is 1.50 bits per heavy atom. The van der Waals surface area contributed by atoms with E-state index in [4.69, 9.17) is 0 Å². The first-order valence-electron chi connectivity index (χ1n) is 6.82. The Kier molecular flexibility index (Phi) is 4.52. The minimum atomic E-state index is 0.513. The molecule has 2 atom stereocenters. The maximum absolute atomic E-state index is 4.54. The van der Waals surface area contributed by atoms with Crippen LogP contribution >= 0.6 is 0 Å². The molecule has 2 rings (SSSR count). The molecule has 1 heteroatoms. The van der Waals surface area contributed by atoms with Crippen LogP contribution in [-0.4, -0.2) is 4.98 Å². The van der Waals surface area contributed by atoms with Gasteiger partial charge in [0, 0.05) is 17.8 Å². The molecule has 0 saturated heterocycles. The summed E-state index contributed by atoms with van der Waals surface area (Å²) in [5.74, 6) is 1.07. The van der Waals surface area contributed by atoms with E-state index < -0.39 is 0 Å². The molecule has 0 saturated carbocycles. The molecule has 0 aliphatic rings. The Morgan fingerprint density at radius 1 is 0.833 bits per heavy atom. The Balaban J connectivity index is 2.31. The molecule has 0 fully saturated rings. The quantitative estimate of drug-likeness (QED) is 0.732. The summed E-state index contributed by atoms with van der Waals surface area (Å²) in [4.78, 5) is 4.54. The first-order chi connectivity index (χ1) is 8.86. The lowest BCUT2D eigenvalue weighted by Gasteiger charge is -2.25. The molecule has 0 N–H and O–H groups in total. The van der Waals surface area contributed by atoms with E-state index in [9.17, 15) is 0 Å². The number of aromatic nitrogens is 1. The number of pyridine rings is 1. The lowest BCUT2D eigenvalue weighted by molar-refractivity contribution is 0.500. The van der Waals surface area contributed by atoms with Crippen molar-refractivity contribution in [2.45, 2.75) is 38.5 Å². The highest BCUT2D eigenvalue weighted by Gasteiger charge is 2.22. The Labute approximate surface area is 110 Å². The molecule has 0 aliphatic carbocycles. The van der Waals surface area contributed by atoms with Crippen molar-refractivity contribution in [2.24, 2.45) is 0 Å². The molecule has 2 aromatic rings. The number of benzene rings is 1. The fraction of sp³-hybridized carbons (Fsp3) is 0.353. The summed E-state index contributed by atoms with van der Waals surface area (Å²) in [6.45, 7) is 4.52. The molecule has 1 aromatic heterocycles. The van der Waals surface area contributed by atoms with Gasteiger partial charge >= 0.3 is 0 Å². The SMILES string of the molecule is CC[C@H](c1ccccc1)[C@H](CC)c1ccccn1. The monoisotopic (exact) mass is 239 g/mol.